The first kappa shape index (κ1) is 15.9. The molecular formula is C14H14BrFN2O5. The highest BCUT2D eigenvalue weighted by Crippen LogP contribution is 2.39. The van der Waals surface area contributed by atoms with Crippen molar-refractivity contribution in [3.63, 3.8) is 0 Å². The zero-order valence-corrected chi connectivity index (χ0v) is 13.8. The number of rotatable bonds is 1. The molecule has 23 heavy (non-hydrogen) atoms. The molecule has 0 bridgehead atoms. The van der Waals surface area contributed by atoms with Crippen LogP contribution in [-0.4, -0.2) is 66.3 Å². The van der Waals surface area contributed by atoms with Gasteiger partial charge in [-0.05, 0) is 22.0 Å². The minimum Gasteiger partial charge on any atom is -0.495 e. The van der Waals surface area contributed by atoms with E-state index in [4.69, 9.17) is 14.6 Å². The van der Waals surface area contributed by atoms with Crippen LogP contribution in [0.1, 0.15) is 10.4 Å². The lowest BCUT2D eigenvalue weighted by molar-refractivity contribution is 0.0388. The molecule has 124 valence electrons. The summed E-state index contributed by atoms with van der Waals surface area (Å²) in [6.45, 7) is 0.606. The van der Waals surface area contributed by atoms with Gasteiger partial charge in [0.2, 0.25) is 0 Å². The van der Waals surface area contributed by atoms with Crippen LogP contribution in [0.3, 0.4) is 0 Å². The summed E-state index contributed by atoms with van der Waals surface area (Å²) in [5.74, 6) is -1.04. The predicted octanol–water partition coefficient (Wildman–Crippen LogP) is 1.79. The van der Waals surface area contributed by atoms with Gasteiger partial charge >= 0.3 is 6.09 Å². The van der Waals surface area contributed by atoms with E-state index in [1.165, 1.54) is 23.0 Å². The molecule has 7 nitrogen and oxygen atoms in total. The minimum atomic E-state index is -1.05. The summed E-state index contributed by atoms with van der Waals surface area (Å²) in [4.78, 5) is 26.6. The first-order valence-corrected chi connectivity index (χ1v) is 7.71. The van der Waals surface area contributed by atoms with Gasteiger partial charge in [-0.15, -0.1) is 0 Å². The Bertz CT molecular complexity index is 684. The first-order valence-electron chi connectivity index (χ1n) is 6.91. The number of carboxylic acid groups (broad SMARTS) is 1. The number of halogens is 2. The summed E-state index contributed by atoms with van der Waals surface area (Å²) in [7, 11) is 1.38. The fraction of sp³-hybridized carbons (Fsp3) is 0.429. The van der Waals surface area contributed by atoms with Crippen molar-refractivity contribution in [1.82, 2.24) is 9.80 Å². The average molecular weight is 389 g/mol. The van der Waals surface area contributed by atoms with Crippen molar-refractivity contribution >= 4 is 27.9 Å². The predicted molar refractivity (Wildman–Crippen MR) is 80.6 cm³/mol. The van der Waals surface area contributed by atoms with Crippen LogP contribution in [0.5, 0.6) is 11.5 Å². The largest absolute Gasteiger partial charge is 0.495 e. The number of carbonyl (C=O) groups excluding carboxylic acids is 1. The Hall–Kier alpha value is -2.03. The molecule has 0 spiro atoms. The average Bonchev–Trinajstić information content (AvgIpc) is 2.68. The quantitative estimate of drug-likeness (QED) is 0.793. The Kier molecular flexibility index (Phi) is 4.05. The summed E-state index contributed by atoms with van der Waals surface area (Å²) in [6, 6.07) is 0.973. The Morgan fingerprint density at radius 3 is 2.91 bits per heavy atom. The lowest BCUT2D eigenvalue weighted by atomic mass is 10.1. The number of carbonyl (C=O) groups is 2. The normalized spacial score (nSPS) is 20.3. The molecule has 1 fully saturated rings. The van der Waals surface area contributed by atoms with E-state index in [0.717, 1.165) is 0 Å². The van der Waals surface area contributed by atoms with Gasteiger partial charge in [-0.25, -0.2) is 9.18 Å². The number of piperazine rings is 1. The second-order valence-corrected chi connectivity index (χ2v) is 6.07. The number of amides is 2. The van der Waals surface area contributed by atoms with Gasteiger partial charge in [-0.2, -0.15) is 0 Å². The molecule has 0 radical (unpaired) electrons. The van der Waals surface area contributed by atoms with Crippen molar-refractivity contribution in [2.45, 2.75) is 6.04 Å². The Labute approximate surface area is 139 Å². The molecule has 0 aromatic heterocycles. The highest BCUT2D eigenvalue weighted by atomic mass is 79.9. The fourth-order valence-electron chi connectivity index (χ4n) is 2.81. The fourth-order valence-corrected chi connectivity index (χ4v) is 3.26. The molecule has 9 heteroatoms. The number of methoxy groups -OCH3 is 1. The summed E-state index contributed by atoms with van der Waals surface area (Å²) in [6.07, 6.45) is -1.05. The molecule has 2 aliphatic heterocycles. The van der Waals surface area contributed by atoms with Gasteiger partial charge in [-0.1, -0.05) is 0 Å². The van der Waals surface area contributed by atoms with E-state index >= 15 is 0 Å². The smallest absolute Gasteiger partial charge is 0.407 e. The maximum atomic E-state index is 14.4. The minimum absolute atomic E-state index is 0.0260. The SMILES string of the molecule is COc1cc2c(c(F)c1Br)OC[C@H]1CN(C(=O)O)CCN1C2=O. The number of benzene rings is 1. The third-order valence-corrected chi connectivity index (χ3v) is 4.75. The molecule has 0 saturated carbocycles. The zero-order chi connectivity index (χ0) is 16.7. The van der Waals surface area contributed by atoms with Crippen LogP contribution in [0, 0.1) is 5.82 Å². The summed E-state index contributed by atoms with van der Waals surface area (Å²) in [5, 5.41) is 9.09. The number of fused-ring (bicyclic) bond motifs is 2. The monoisotopic (exact) mass is 388 g/mol. The number of hydrogen-bond donors (Lipinski definition) is 1. The van der Waals surface area contributed by atoms with E-state index in [2.05, 4.69) is 15.9 Å². The highest BCUT2D eigenvalue weighted by Gasteiger charge is 2.38. The highest BCUT2D eigenvalue weighted by molar-refractivity contribution is 9.10. The van der Waals surface area contributed by atoms with Crippen LogP contribution >= 0.6 is 15.9 Å². The van der Waals surface area contributed by atoms with Crippen LogP contribution < -0.4 is 9.47 Å². The Morgan fingerprint density at radius 1 is 1.52 bits per heavy atom. The molecule has 3 rings (SSSR count). The summed E-state index contributed by atoms with van der Waals surface area (Å²) in [5.41, 5.74) is 0.0776. The number of hydrogen-bond acceptors (Lipinski definition) is 4. The van der Waals surface area contributed by atoms with Crippen molar-refractivity contribution < 1.29 is 28.6 Å². The lowest BCUT2D eigenvalue weighted by Crippen LogP contribution is -2.57. The van der Waals surface area contributed by atoms with E-state index in [0.29, 0.717) is 0 Å². The van der Waals surface area contributed by atoms with Gasteiger partial charge in [0.25, 0.3) is 5.91 Å². The second-order valence-electron chi connectivity index (χ2n) is 5.28. The third-order valence-electron chi connectivity index (χ3n) is 4.01. The molecule has 0 unspecified atom stereocenters. The number of nitrogens with zero attached hydrogens (tertiary/aromatic N) is 2. The lowest BCUT2D eigenvalue weighted by Gasteiger charge is -2.38. The van der Waals surface area contributed by atoms with Crippen molar-refractivity contribution in [2.75, 3.05) is 33.4 Å². The molecular weight excluding hydrogens is 375 g/mol. The van der Waals surface area contributed by atoms with Gasteiger partial charge < -0.3 is 24.4 Å². The van der Waals surface area contributed by atoms with Crippen molar-refractivity contribution in [3.05, 3.63) is 21.9 Å². The first-order chi connectivity index (χ1) is 10.9. The molecule has 2 amide bonds. The van der Waals surface area contributed by atoms with Crippen molar-refractivity contribution in [3.8, 4) is 11.5 Å². The molecule has 2 aliphatic rings. The van der Waals surface area contributed by atoms with Gasteiger partial charge in [-0.3, -0.25) is 4.79 Å². The number of ether oxygens (including phenoxy) is 2. The summed E-state index contributed by atoms with van der Waals surface area (Å²) < 4.78 is 25.1. The van der Waals surface area contributed by atoms with Gasteiger partial charge in [0.05, 0.1) is 23.2 Å². The molecule has 1 N–H and O–H groups in total. The molecule has 1 saturated heterocycles. The van der Waals surface area contributed by atoms with E-state index in [1.807, 2.05) is 0 Å². The van der Waals surface area contributed by atoms with E-state index in [9.17, 15) is 14.0 Å². The van der Waals surface area contributed by atoms with Gasteiger partial charge in [0.15, 0.2) is 11.6 Å². The van der Waals surface area contributed by atoms with E-state index < -0.39 is 23.9 Å². The third kappa shape index (κ3) is 2.58. The maximum Gasteiger partial charge on any atom is 0.407 e. The Morgan fingerprint density at radius 2 is 2.26 bits per heavy atom. The maximum absolute atomic E-state index is 14.4. The molecule has 1 aromatic carbocycles. The van der Waals surface area contributed by atoms with Crippen LogP contribution in [-0.2, 0) is 0 Å². The standard InChI is InChI=1S/C14H14BrFN2O5/c1-22-9-4-8-12(11(16)10(9)15)23-6-7-5-17(14(20)21)2-3-18(7)13(8)19/h4,7H,2-3,5-6H2,1H3,(H,20,21)/t7-/m1/s1. The van der Waals surface area contributed by atoms with Crippen molar-refractivity contribution in [1.29, 1.82) is 0 Å². The van der Waals surface area contributed by atoms with Gasteiger partial charge in [0.1, 0.15) is 12.4 Å². The van der Waals surface area contributed by atoms with Crippen LogP contribution in [0.15, 0.2) is 10.5 Å². The van der Waals surface area contributed by atoms with Crippen molar-refractivity contribution in [2.24, 2.45) is 0 Å². The van der Waals surface area contributed by atoms with Gasteiger partial charge in [0, 0.05) is 19.6 Å². The summed E-state index contributed by atoms with van der Waals surface area (Å²) >= 11 is 3.08. The Balaban J connectivity index is 1.99. The topological polar surface area (TPSA) is 79.3 Å². The zero-order valence-electron chi connectivity index (χ0n) is 12.2. The van der Waals surface area contributed by atoms with Crippen LogP contribution in [0.4, 0.5) is 9.18 Å². The van der Waals surface area contributed by atoms with E-state index in [1.54, 1.807) is 0 Å². The molecule has 1 aromatic rings. The molecule has 2 heterocycles. The molecule has 1 atom stereocenters. The van der Waals surface area contributed by atoms with Crippen LogP contribution in [0.25, 0.3) is 0 Å². The molecule has 0 aliphatic carbocycles. The van der Waals surface area contributed by atoms with E-state index in [-0.39, 0.29) is 47.8 Å². The van der Waals surface area contributed by atoms with Crippen LogP contribution in [0.2, 0.25) is 0 Å². The second kappa shape index (κ2) is 5.88.